The van der Waals surface area contributed by atoms with Gasteiger partial charge in [0.25, 0.3) is 0 Å². The second kappa shape index (κ2) is 7.57. The number of rotatable bonds is 6. The van der Waals surface area contributed by atoms with E-state index in [4.69, 9.17) is 5.14 Å². The van der Waals surface area contributed by atoms with Crippen LogP contribution in [0.1, 0.15) is 17.5 Å². The fourth-order valence-electron chi connectivity index (χ4n) is 1.84. The van der Waals surface area contributed by atoms with Crippen LogP contribution in [0.4, 0.5) is 0 Å². The van der Waals surface area contributed by atoms with E-state index in [0.717, 1.165) is 28.5 Å². The lowest BCUT2D eigenvalue weighted by Crippen LogP contribution is -2.36. The van der Waals surface area contributed by atoms with Gasteiger partial charge in [0.2, 0.25) is 10.0 Å². The molecule has 0 aliphatic carbocycles. The molecule has 2 aromatic rings. The molecule has 0 bridgehead atoms. The Labute approximate surface area is 139 Å². The molecule has 0 spiro atoms. The van der Waals surface area contributed by atoms with Crippen LogP contribution in [0.5, 0.6) is 0 Å². The number of aromatic nitrogens is 2. The standard InChI is InChI=1S/C13H20N6O2S2/c1-3-15-13(16-8-10-6-7-18-19(10)2)17-9-11-4-5-12(22-11)23(14,20)21/h4-7H,3,8-9H2,1-2H3,(H2,14,20,21)(H2,15,16,17). The van der Waals surface area contributed by atoms with Crippen LogP contribution in [0.2, 0.25) is 0 Å². The van der Waals surface area contributed by atoms with Crippen LogP contribution < -0.4 is 15.8 Å². The van der Waals surface area contributed by atoms with Crippen molar-refractivity contribution in [3.05, 3.63) is 35.0 Å². The Balaban J connectivity index is 1.99. The highest BCUT2D eigenvalue weighted by Crippen LogP contribution is 2.19. The molecule has 0 fully saturated rings. The predicted octanol–water partition coefficient (Wildman–Crippen LogP) is 0.384. The van der Waals surface area contributed by atoms with Crippen molar-refractivity contribution in [3.8, 4) is 0 Å². The van der Waals surface area contributed by atoms with Crippen molar-refractivity contribution in [2.75, 3.05) is 6.54 Å². The monoisotopic (exact) mass is 356 g/mol. The summed E-state index contributed by atoms with van der Waals surface area (Å²) in [5.41, 5.74) is 0.995. The first-order valence-electron chi connectivity index (χ1n) is 7.00. The third-order valence-electron chi connectivity index (χ3n) is 3.01. The Bertz CT molecular complexity index is 778. The molecule has 0 amide bonds. The number of aliphatic imine (C=N–C) groups is 1. The van der Waals surface area contributed by atoms with Gasteiger partial charge in [0.05, 0.1) is 18.8 Å². The van der Waals surface area contributed by atoms with Gasteiger partial charge in [0.1, 0.15) is 4.21 Å². The normalized spacial score (nSPS) is 12.4. The third-order valence-corrected chi connectivity index (χ3v) is 5.54. The van der Waals surface area contributed by atoms with Crippen LogP contribution in [0.3, 0.4) is 0 Å². The molecule has 8 nitrogen and oxygen atoms in total. The Kier molecular flexibility index (Phi) is 5.74. The molecular weight excluding hydrogens is 336 g/mol. The zero-order valence-corrected chi connectivity index (χ0v) is 14.6. The van der Waals surface area contributed by atoms with Gasteiger partial charge in [-0.25, -0.2) is 18.5 Å². The highest BCUT2D eigenvalue weighted by molar-refractivity contribution is 7.91. The maximum Gasteiger partial charge on any atom is 0.247 e. The minimum absolute atomic E-state index is 0.158. The Morgan fingerprint density at radius 3 is 2.74 bits per heavy atom. The first kappa shape index (κ1) is 17.4. The van der Waals surface area contributed by atoms with Gasteiger partial charge in [-0.2, -0.15) is 5.10 Å². The van der Waals surface area contributed by atoms with Crippen LogP contribution in [0.15, 0.2) is 33.6 Å². The molecule has 0 aliphatic heterocycles. The van der Waals surface area contributed by atoms with E-state index in [1.54, 1.807) is 16.9 Å². The lowest BCUT2D eigenvalue weighted by Gasteiger charge is -2.10. The molecular formula is C13H20N6O2S2. The Hall–Kier alpha value is -1.91. The van der Waals surface area contributed by atoms with Gasteiger partial charge in [-0.3, -0.25) is 4.68 Å². The van der Waals surface area contributed by atoms with Crippen LogP contribution in [-0.2, 0) is 30.2 Å². The highest BCUT2D eigenvalue weighted by atomic mass is 32.2. The van der Waals surface area contributed by atoms with Gasteiger partial charge < -0.3 is 10.6 Å². The van der Waals surface area contributed by atoms with Gasteiger partial charge in [-0.15, -0.1) is 11.3 Å². The summed E-state index contributed by atoms with van der Waals surface area (Å²) in [5.74, 6) is 0.652. The molecule has 126 valence electrons. The number of primary sulfonamides is 1. The summed E-state index contributed by atoms with van der Waals surface area (Å²) in [6, 6.07) is 5.16. The number of aryl methyl sites for hydroxylation is 1. The van der Waals surface area contributed by atoms with Crippen molar-refractivity contribution in [1.29, 1.82) is 0 Å². The molecule has 2 aromatic heterocycles. The second-order valence-electron chi connectivity index (χ2n) is 4.76. The summed E-state index contributed by atoms with van der Waals surface area (Å²) in [4.78, 5) is 5.34. The van der Waals surface area contributed by atoms with Crippen molar-refractivity contribution in [1.82, 2.24) is 20.4 Å². The number of hydrogen-bond acceptors (Lipinski definition) is 5. The maximum absolute atomic E-state index is 11.3. The SMILES string of the molecule is CCNC(=NCc1ccnn1C)NCc1ccc(S(N)(=O)=O)s1. The van der Waals surface area contributed by atoms with E-state index < -0.39 is 10.0 Å². The quantitative estimate of drug-likeness (QED) is 0.511. The average molecular weight is 356 g/mol. The lowest BCUT2D eigenvalue weighted by atomic mass is 10.4. The zero-order chi connectivity index (χ0) is 16.9. The van der Waals surface area contributed by atoms with Crippen molar-refractivity contribution >= 4 is 27.3 Å². The number of nitrogens with two attached hydrogens (primary N) is 1. The van der Waals surface area contributed by atoms with Crippen molar-refractivity contribution in [2.24, 2.45) is 17.2 Å². The fourth-order valence-corrected chi connectivity index (χ4v) is 3.55. The molecule has 0 atom stereocenters. The van der Waals surface area contributed by atoms with E-state index in [9.17, 15) is 8.42 Å². The van der Waals surface area contributed by atoms with E-state index in [1.165, 1.54) is 6.07 Å². The second-order valence-corrected chi connectivity index (χ2v) is 7.72. The lowest BCUT2D eigenvalue weighted by molar-refractivity contribution is 0.600. The topological polar surface area (TPSA) is 114 Å². The molecule has 0 unspecified atom stereocenters. The van der Waals surface area contributed by atoms with Gasteiger partial charge >= 0.3 is 0 Å². The van der Waals surface area contributed by atoms with Crippen molar-refractivity contribution < 1.29 is 8.42 Å². The van der Waals surface area contributed by atoms with Crippen molar-refractivity contribution in [3.63, 3.8) is 0 Å². The average Bonchev–Trinajstić information content (AvgIpc) is 3.10. The maximum atomic E-state index is 11.3. The molecule has 2 heterocycles. The molecule has 0 saturated carbocycles. The van der Waals surface area contributed by atoms with E-state index >= 15 is 0 Å². The molecule has 4 N–H and O–H groups in total. The minimum atomic E-state index is -3.64. The molecule has 0 radical (unpaired) electrons. The summed E-state index contributed by atoms with van der Waals surface area (Å²) >= 11 is 1.15. The van der Waals surface area contributed by atoms with Crippen LogP contribution >= 0.6 is 11.3 Å². The fraction of sp³-hybridized carbons (Fsp3) is 0.385. The largest absolute Gasteiger partial charge is 0.357 e. The molecule has 10 heteroatoms. The number of sulfonamides is 1. The zero-order valence-electron chi connectivity index (χ0n) is 13.0. The summed E-state index contributed by atoms with van der Waals surface area (Å²) in [5, 5.41) is 15.5. The third kappa shape index (κ3) is 5.05. The molecule has 23 heavy (non-hydrogen) atoms. The van der Waals surface area contributed by atoms with Crippen molar-refractivity contribution in [2.45, 2.75) is 24.2 Å². The van der Waals surface area contributed by atoms with Gasteiger partial charge in [-0.05, 0) is 25.1 Å². The molecule has 0 saturated heterocycles. The predicted molar refractivity (Wildman–Crippen MR) is 90.6 cm³/mol. The van der Waals surface area contributed by atoms with E-state index in [1.807, 2.05) is 20.0 Å². The summed E-state index contributed by atoms with van der Waals surface area (Å²) in [6.07, 6.45) is 1.73. The number of hydrogen-bond donors (Lipinski definition) is 3. The van der Waals surface area contributed by atoms with Crippen LogP contribution in [0, 0.1) is 0 Å². The van der Waals surface area contributed by atoms with Gasteiger partial charge in [-0.1, -0.05) is 0 Å². The van der Waals surface area contributed by atoms with Gasteiger partial charge in [0.15, 0.2) is 5.96 Å². The Morgan fingerprint density at radius 1 is 1.39 bits per heavy atom. The summed E-state index contributed by atoms with van der Waals surface area (Å²) in [7, 11) is -1.77. The van der Waals surface area contributed by atoms with E-state index in [2.05, 4.69) is 20.7 Å². The number of thiophene rings is 1. The Morgan fingerprint density at radius 2 is 2.17 bits per heavy atom. The minimum Gasteiger partial charge on any atom is -0.357 e. The summed E-state index contributed by atoms with van der Waals surface area (Å²) in [6.45, 7) is 3.67. The smallest absolute Gasteiger partial charge is 0.247 e. The van der Waals surface area contributed by atoms with Gasteiger partial charge in [0, 0.05) is 24.7 Å². The highest BCUT2D eigenvalue weighted by Gasteiger charge is 2.11. The molecule has 2 rings (SSSR count). The first-order chi connectivity index (χ1) is 10.9. The van der Waals surface area contributed by atoms with Crippen LogP contribution in [0.25, 0.3) is 0 Å². The number of guanidine groups is 1. The molecule has 0 aliphatic rings. The number of nitrogens with zero attached hydrogens (tertiary/aromatic N) is 3. The van der Waals surface area contributed by atoms with E-state index in [-0.39, 0.29) is 4.21 Å². The number of nitrogens with one attached hydrogen (secondary N) is 2. The molecule has 0 aromatic carbocycles. The van der Waals surface area contributed by atoms with Crippen LogP contribution in [-0.4, -0.2) is 30.7 Å². The van der Waals surface area contributed by atoms with E-state index in [0.29, 0.717) is 19.0 Å². The summed E-state index contributed by atoms with van der Waals surface area (Å²) < 4.78 is 24.5. The first-order valence-corrected chi connectivity index (χ1v) is 9.37.